The number of sulfone groups is 1. The third-order valence-corrected chi connectivity index (χ3v) is 5.14. The maximum atomic E-state index is 12.0. The molecule has 4 nitrogen and oxygen atoms in total. The molecule has 2 atom stereocenters. The van der Waals surface area contributed by atoms with Gasteiger partial charge in [0.05, 0.1) is 11.0 Å². The van der Waals surface area contributed by atoms with Crippen LogP contribution in [-0.4, -0.2) is 19.2 Å². The summed E-state index contributed by atoms with van der Waals surface area (Å²) in [5.74, 6) is 0. The van der Waals surface area contributed by atoms with Crippen LogP contribution in [0.1, 0.15) is 12.0 Å². The molecule has 0 aliphatic heterocycles. The van der Waals surface area contributed by atoms with Gasteiger partial charge in [-0.25, -0.2) is 8.42 Å². The number of benzene rings is 1. The molecule has 0 heterocycles. The summed E-state index contributed by atoms with van der Waals surface area (Å²) >= 11 is 0. The molecule has 0 aromatic heterocycles. The lowest BCUT2D eigenvalue weighted by molar-refractivity contribution is 0.592. The molecule has 0 bridgehead atoms. The molecule has 0 amide bonds. The van der Waals surface area contributed by atoms with E-state index in [0.29, 0.717) is 0 Å². The number of nitriles is 1. The fourth-order valence-corrected chi connectivity index (χ4v) is 3.59. The lowest BCUT2D eigenvalue weighted by Crippen LogP contribution is -2.28. The monoisotopic (exact) mass is 236 g/mol. The molecule has 0 saturated heterocycles. The van der Waals surface area contributed by atoms with Crippen LogP contribution in [0, 0.1) is 18.3 Å². The molecule has 1 aliphatic carbocycles. The van der Waals surface area contributed by atoms with Crippen LogP contribution in [-0.2, 0) is 9.84 Å². The van der Waals surface area contributed by atoms with Crippen LogP contribution >= 0.6 is 0 Å². The van der Waals surface area contributed by atoms with Gasteiger partial charge in [-0.15, -0.1) is 0 Å². The Bertz CT molecular complexity index is 557. The smallest absolute Gasteiger partial charge is 0.184 e. The highest BCUT2D eigenvalue weighted by Gasteiger charge is 2.60. The summed E-state index contributed by atoms with van der Waals surface area (Å²) in [6.07, 6.45) is 0.222. The first-order valence-corrected chi connectivity index (χ1v) is 6.45. The van der Waals surface area contributed by atoms with Crippen molar-refractivity contribution in [3.05, 3.63) is 29.8 Å². The molecule has 0 radical (unpaired) electrons. The van der Waals surface area contributed by atoms with Gasteiger partial charge in [0, 0.05) is 0 Å². The van der Waals surface area contributed by atoms with E-state index in [1.165, 1.54) is 0 Å². The van der Waals surface area contributed by atoms with Crippen LogP contribution in [0.5, 0.6) is 0 Å². The normalized spacial score (nSPS) is 28.4. The molecule has 0 spiro atoms. The molecular formula is C11H12N2O2S. The Morgan fingerprint density at radius 3 is 2.44 bits per heavy atom. The van der Waals surface area contributed by atoms with Crippen molar-refractivity contribution >= 4 is 9.84 Å². The molecule has 84 valence electrons. The van der Waals surface area contributed by atoms with Crippen LogP contribution in [0.3, 0.4) is 0 Å². The predicted molar refractivity (Wildman–Crippen MR) is 59.3 cm³/mol. The first-order chi connectivity index (χ1) is 7.40. The lowest BCUT2D eigenvalue weighted by Gasteiger charge is -2.05. The summed E-state index contributed by atoms with van der Waals surface area (Å²) in [6.45, 7) is 1.88. The van der Waals surface area contributed by atoms with Gasteiger partial charge in [-0.2, -0.15) is 5.26 Å². The zero-order valence-electron chi connectivity index (χ0n) is 8.84. The van der Waals surface area contributed by atoms with Gasteiger partial charge in [-0.1, -0.05) is 17.7 Å². The van der Waals surface area contributed by atoms with Gasteiger partial charge < -0.3 is 5.73 Å². The summed E-state index contributed by atoms with van der Waals surface area (Å²) in [6, 6.07) is 8.44. The van der Waals surface area contributed by atoms with Gasteiger partial charge in [-0.3, -0.25) is 0 Å². The van der Waals surface area contributed by atoms with E-state index in [1.807, 2.05) is 13.0 Å². The summed E-state index contributed by atoms with van der Waals surface area (Å²) in [7, 11) is -3.45. The largest absolute Gasteiger partial charge is 0.312 e. The Hall–Kier alpha value is -1.38. The average molecular weight is 236 g/mol. The molecule has 1 fully saturated rings. The van der Waals surface area contributed by atoms with E-state index >= 15 is 0 Å². The SMILES string of the molecule is Cc1ccc(S(=O)(=O)[C@H]2C[C@@]2(N)C#N)cc1. The van der Waals surface area contributed by atoms with Gasteiger partial charge in [0.25, 0.3) is 0 Å². The van der Waals surface area contributed by atoms with Crippen LogP contribution in [0.4, 0.5) is 0 Å². The molecule has 1 aliphatic rings. The highest BCUT2D eigenvalue weighted by atomic mass is 32.2. The van der Waals surface area contributed by atoms with E-state index in [-0.39, 0.29) is 11.3 Å². The summed E-state index contributed by atoms with van der Waals surface area (Å²) in [5.41, 5.74) is 5.41. The Morgan fingerprint density at radius 1 is 1.44 bits per heavy atom. The summed E-state index contributed by atoms with van der Waals surface area (Å²) in [5, 5.41) is 7.99. The van der Waals surface area contributed by atoms with Crippen molar-refractivity contribution in [2.75, 3.05) is 0 Å². The third kappa shape index (κ3) is 1.60. The molecule has 2 N–H and O–H groups in total. The first kappa shape index (κ1) is 11.1. The highest BCUT2D eigenvalue weighted by Crippen LogP contribution is 2.41. The number of nitrogens with two attached hydrogens (primary N) is 1. The number of rotatable bonds is 2. The van der Waals surface area contributed by atoms with Gasteiger partial charge >= 0.3 is 0 Å². The van der Waals surface area contributed by atoms with Gasteiger partial charge in [0.2, 0.25) is 0 Å². The van der Waals surface area contributed by atoms with E-state index in [2.05, 4.69) is 0 Å². The molecule has 5 heteroatoms. The van der Waals surface area contributed by atoms with Crippen LogP contribution in [0.2, 0.25) is 0 Å². The topological polar surface area (TPSA) is 83.9 Å². The maximum absolute atomic E-state index is 12.0. The molecule has 1 aromatic rings. The number of hydrogen-bond donors (Lipinski definition) is 1. The Balaban J connectivity index is 2.36. The summed E-state index contributed by atoms with van der Waals surface area (Å²) in [4.78, 5) is 0.241. The minimum absolute atomic E-state index is 0.222. The Kier molecular flexibility index (Phi) is 2.30. The quantitative estimate of drug-likeness (QED) is 0.821. The molecule has 2 rings (SSSR count). The van der Waals surface area contributed by atoms with Crippen molar-refractivity contribution in [2.24, 2.45) is 5.73 Å². The van der Waals surface area contributed by atoms with Crippen molar-refractivity contribution < 1.29 is 8.42 Å². The van der Waals surface area contributed by atoms with E-state index in [4.69, 9.17) is 11.0 Å². The fraction of sp³-hybridized carbons (Fsp3) is 0.364. The second-order valence-electron chi connectivity index (χ2n) is 4.20. The van der Waals surface area contributed by atoms with Crippen molar-refractivity contribution in [1.29, 1.82) is 5.26 Å². The van der Waals surface area contributed by atoms with Gasteiger partial charge in [-0.05, 0) is 25.5 Å². The van der Waals surface area contributed by atoms with Crippen molar-refractivity contribution in [3.8, 4) is 6.07 Å². The van der Waals surface area contributed by atoms with Crippen LogP contribution < -0.4 is 5.73 Å². The van der Waals surface area contributed by atoms with E-state index in [0.717, 1.165) is 5.56 Å². The Morgan fingerprint density at radius 2 is 2.00 bits per heavy atom. The zero-order chi connectivity index (χ0) is 12.0. The van der Waals surface area contributed by atoms with E-state index < -0.39 is 20.6 Å². The Labute approximate surface area is 94.6 Å². The molecular weight excluding hydrogens is 224 g/mol. The zero-order valence-corrected chi connectivity index (χ0v) is 9.66. The molecule has 1 aromatic carbocycles. The summed E-state index contributed by atoms with van der Waals surface area (Å²) < 4.78 is 24.1. The van der Waals surface area contributed by atoms with Gasteiger partial charge in [0.1, 0.15) is 10.8 Å². The number of aryl methyl sites for hydroxylation is 1. The number of nitrogens with zero attached hydrogens (tertiary/aromatic N) is 1. The third-order valence-electron chi connectivity index (χ3n) is 2.87. The molecule has 16 heavy (non-hydrogen) atoms. The lowest BCUT2D eigenvalue weighted by atomic mass is 10.2. The molecule has 0 unspecified atom stereocenters. The fourth-order valence-electron chi connectivity index (χ4n) is 1.64. The van der Waals surface area contributed by atoms with Crippen molar-refractivity contribution in [3.63, 3.8) is 0 Å². The highest BCUT2D eigenvalue weighted by molar-refractivity contribution is 7.92. The van der Waals surface area contributed by atoms with Crippen molar-refractivity contribution in [2.45, 2.75) is 29.0 Å². The molecule has 1 saturated carbocycles. The van der Waals surface area contributed by atoms with Crippen LogP contribution in [0.15, 0.2) is 29.2 Å². The second-order valence-corrected chi connectivity index (χ2v) is 6.33. The van der Waals surface area contributed by atoms with Crippen molar-refractivity contribution in [1.82, 2.24) is 0 Å². The maximum Gasteiger partial charge on any atom is 0.184 e. The van der Waals surface area contributed by atoms with E-state index in [9.17, 15) is 8.42 Å². The second kappa shape index (κ2) is 3.30. The number of hydrogen-bond acceptors (Lipinski definition) is 4. The predicted octanol–water partition coefficient (Wildman–Crippen LogP) is 0.762. The first-order valence-electron chi connectivity index (χ1n) is 4.91. The van der Waals surface area contributed by atoms with Crippen LogP contribution in [0.25, 0.3) is 0 Å². The van der Waals surface area contributed by atoms with Gasteiger partial charge in [0.15, 0.2) is 9.84 Å². The minimum Gasteiger partial charge on any atom is -0.312 e. The minimum atomic E-state index is -3.45. The van der Waals surface area contributed by atoms with E-state index in [1.54, 1.807) is 24.3 Å². The average Bonchev–Trinajstić information content (AvgIpc) is 2.93. The standard InChI is InChI=1S/C11H12N2O2S/c1-8-2-4-9(5-3-8)16(14,15)10-6-11(10,13)7-12/h2-5,10H,6,13H2,1H3/t10-,11+/m0/s1.